The van der Waals surface area contributed by atoms with E-state index in [0.29, 0.717) is 20.2 Å². The smallest absolute Gasteiger partial charge is 0.145 e. The summed E-state index contributed by atoms with van der Waals surface area (Å²) >= 11 is 14.9. The highest BCUT2D eigenvalue weighted by Crippen LogP contribution is 2.30. The van der Waals surface area contributed by atoms with Gasteiger partial charge in [-0.05, 0) is 34.1 Å². The third kappa shape index (κ3) is 3.53. The van der Waals surface area contributed by atoms with Crippen molar-refractivity contribution in [2.24, 2.45) is 0 Å². The lowest BCUT2D eigenvalue weighted by molar-refractivity contribution is 0.306. The van der Waals surface area contributed by atoms with E-state index in [4.69, 9.17) is 33.7 Å². The van der Waals surface area contributed by atoms with Crippen LogP contribution in [0.5, 0.6) is 5.75 Å². The van der Waals surface area contributed by atoms with E-state index < -0.39 is 5.82 Å². The van der Waals surface area contributed by atoms with Crippen LogP contribution in [0.15, 0.2) is 34.8 Å². The molecule has 0 amide bonds. The van der Waals surface area contributed by atoms with Gasteiger partial charge in [-0.3, -0.25) is 0 Å². The van der Waals surface area contributed by atoms with Gasteiger partial charge in [0.05, 0.1) is 10.2 Å². The SMILES string of the molecule is Nc1cc(Br)c(F)cc1OCc1ccc(Cl)cc1Cl. The third-order valence-electron chi connectivity index (χ3n) is 2.45. The monoisotopic (exact) mass is 363 g/mol. The van der Waals surface area contributed by atoms with Crippen molar-refractivity contribution >= 4 is 44.8 Å². The fraction of sp³-hybridized carbons (Fsp3) is 0.0769. The van der Waals surface area contributed by atoms with Gasteiger partial charge in [0.15, 0.2) is 0 Å². The molecule has 19 heavy (non-hydrogen) atoms. The summed E-state index contributed by atoms with van der Waals surface area (Å²) in [6.07, 6.45) is 0. The molecule has 0 spiro atoms. The molecule has 0 aliphatic heterocycles. The number of rotatable bonds is 3. The average Bonchev–Trinajstić information content (AvgIpc) is 2.34. The maximum atomic E-state index is 13.4. The van der Waals surface area contributed by atoms with E-state index in [9.17, 15) is 4.39 Å². The molecule has 2 N–H and O–H groups in total. The second-order valence-electron chi connectivity index (χ2n) is 3.83. The lowest BCUT2D eigenvalue weighted by Gasteiger charge is -2.11. The number of nitrogens with two attached hydrogens (primary N) is 1. The molecule has 2 nitrogen and oxygen atoms in total. The Hall–Kier alpha value is -0.970. The minimum absolute atomic E-state index is 0.182. The molecular weight excluding hydrogens is 356 g/mol. The van der Waals surface area contributed by atoms with Crippen LogP contribution in [0.4, 0.5) is 10.1 Å². The molecule has 6 heteroatoms. The van der Waals surface area contributed by atoms with Crippen LogP contribution in [0.2, 0.25) is 10.0 Å². The number of hydrogen-bond donors (Lipinski definition) is 1. The van der Waals surface area contributed by atoms with Gasteiger partial charge in [0.25, 0.3) is 0 Å². The number of ether oxygens (including phenoxy) is 1. The topological polar surface area (TPSA) is 35.2 Å². The second kappa shape index (κ2) is 5.99. The van der Waals surface area contributed by atoms with Crippen LogP contribution in [0.1, 0.15) is 5.56 Å². The first kappa shape index (κ1) is 14.4. The summed E-state index contributed by atoms with van der Waals surface area (Å²) in [5, 5.41) is 1.03. The normalized spacial score (nSPS) is 10.5. The van der Waals surface area contributed by atoms with Crippen LogP contribution in [-0.4, -0.2) is 0 Å². The number of hydrogen-bond acceptors (Lipinski definition) is 2. The van der Waals surface area contributed by atoms with Crippen molar-refractivity contribution in [2.45, 2.75) is 6.61 Å². The van der Waals surface area contributed by atoms with Gasteiger partial charge in [0, 0.05) is 21.7 Å². The van der Waals surface area contributed by atoms with E-state index >= 15 is 0 Å². The summed E-state index contributed by atoms with van der Waals surface area (Å²) < 4.78 is 19.2. The molecule has 2 aromatic rings. The summed E-state index contributed by atoms with van der Waals surface area (Å²) in [5.41, 5.74) is 6.83. The molecule has 2 aromatic carbocycles. The van der Waals surface area contributed by atoms with Gasteiger partial charge in [-0.25, -0.2) is 4.39 Å². The first-order valence-corrected chi connectivity index (χ1v) is 6.83. The van der Waals surface area contributed by atoms with Gasteiger partial charge in [-0.2, -0.15) is 0 Å². The van der Waals surface area contributed by atoms with Crippen LogP contribution < -0.4 is 10.5 Å². The average molecular weight is 365 g/mol. The summed E-state index contributed by atoms with van der Waals surface area (Å²) in [6.45, 7) is 0.182. The Morgan fingerprint density at radius 1 is 1.21 bits per heavy atom. The second-order valence-corrected chi connectivity index (χ2v) is 5.53. The largest absolute Gasteiger partial charge is 0.487 e. The maximum Gasteiger partial charge on any atom is 0.145 e. The molecule has 0 fully saturated rings. The van der Waals surface area contributed by atoms with E-state index in [2.05, 4.69) is 15.9 Å². The zero-order chi connectivity index (χ0) is 14.0. The fourth-order valence-corrected chi connectivity index (χ4v) is 2.29. The molecule has 0 bridgehead atoms. The molecule has 0 saturated heterocycles. The van der Waals surface area contributed by atoms with Crippen molar-refractivity contribution < 1.29 is 9.13 Å². The summed E-state index contributed by atoms with van der Waals surface area (Å²) in [5.74, 6) is -0.168. The molecular formula is C13H9BrCl2FNO. The summed E-state index contributed by atoms with van der Waals surface area (Å²) in [6, 6.07) is 7.75. The third-order valence-corrected chi connectivity index (χ3v) is 3.65. The van der Waals surface area contributed by atoms with E-state index in [1.165, 1.54) is 12.1 Å². The Labute approximate surface area is 128 Å². The van der Waals surface area contributed by atoms with Crippen molar-refractivity contribution in [1.29, 1.82) is 0 Å². The Morgan fingerprint density at radius 2 is 1.95 bits per heavy atom. The molecule has 0 aliphatic rings. The van der Waals surface area contributed by atoms with Crippen molar-refractivity contribution in [1.82, 2.24) is 0 Å². The molecule has 0 saturated carbocycles. The number of benzene rings is 2. The zero-order valence-electron chi connectivity index (χ0n) is 9.59. The summed E-state index contributed by atoms with van der Waals surface area (Å²) in [4.78, 5) is 0. The predicted molar refractivity (Wildman–Crippen MR) is 79.3 cm³/mol. The Morgan fingerprint density at radius 3 is 2.63 bits per heavy atom. The van der Waals surface area contributed by atoms with Gasteiger partial charge in [-0.1, -0.05) is 29.3 Å². The fourth-order valence-electron chi connectivity index (χ4n) is 1.46. The highest BCUT2D eigenvalue weighted by Gasteiger charge is 2.08. The van der Waals surface area contributed by atoms with Crippen LogP contribution in [0, 0.1) is 5.82 Å². The van der Waals surface area contributed by atoms with Crippen molar-refractivity contribution in [3.8, 4) is 5.75 Å². The van der Waals surface area contributed by atoms with Gasteiger partial charge in [-0.15, -0.1) is 0 Å². The molecule has 0 unspecified atom stereocenters. The Bertz CT molecular complexity index is 622. The van der Waals surface area contributed by atoms with Gasteiger partial charge < -0.3 is 10.5 Å². The van der Waals surface area contributed by atoms with E-state index in [1.54, 1.807) is 18.2 Å². The maximum absolute atomic E-state index is 13.4. The lowest BCUT2D eigenvalue weighted by Crippen LogP contribution is -2.00. The molecule has 0 aromatic heterocycles. The predicted octanol–water partition coefficient (Wildman–Crippen LogP) is 5.06. The van der Waals surface area contributed by atoms with Crippen LogP contribution in [-0.2, 0) is 6.61 Å². The molecule has 100 valence electrons. The highest BCUT2D eigenvalue weighted by molar-refractivity contribution is 9.10. The first-order chi connectivity index (χ1) is 8.97. The zero-order valence-corrected chi connectivity index (χ0v) is 12.7. The minimum atomic E-state index is -0.439. The standard InChI is InChI=1S/C13H9BrCl2FNO/c14-9-4-12(18)13(5-11(9)17)19-6-7-1-2-8(15)3-10(7)16/h1-5H,6,18H2. The molecule has 0 radical (unpaired) electrons. The van der Waals surface area contributed by atoms with Crippen LogP contribution in [0.25, 0.3) is 0 Å². The summed E-state index contributed by atoms with van der Waals surface area (Å²) in [7, 11) is 0. The highest BCUT2D eigenvalue weighted by atomic mass is 79.9. The minimum Gasteiger partial charge on any atom is -0.487 e. The first-order valence-electron chi connectivity index (χ1n) is 5.28. The Balaban J connectivity index is 2.16. The van der Waals surface area contributed by atoms with Gasteiger partial charge >= 0.3 is 0 Å². The quantitative estimate of drug-likeness (QED) is 0.773. The van der Waals surface area contributed by atoms with Crippen LogP contribution in [0.3, 0.4) is 0 Å². The lowest BCUT2D eigenvalue weighted by atomic mass is 10.2. The number of nitrogen functional groups attached to an aromatic ring is 1. The number of halogens is 4. The van der Waals surface area contributed by atoms with Gasteiger partial charge in [0.1, 0.15) is 18.2 Å². The van der Waals surface area contributed by atoms with Crippen LogP contribution >= 0.6 is 39.1 Å². The van der Waals surface area contributed by atoms with E-state index in [1.807, 2.05) is 0 Å². The molecule has 2 rings (SSSR count). The van der Waals surface area contributed by atoms with Gasteiger partial charge in [0.2, 0.25) is 0 Å². The van der Waals surface area contributed by atoms with E-state index in [-0.39, 0.29) is 12.4 Å². The van der Waals surface area contributed by atoms with Crippen molar-refractivity contribution in [3.05, 3.63) is 56.2 Å². The van der Waals surface area contributed by atoms with Crippen molar-refractivity contribution in [2.75, 3.05) is 5.73 Å². The molecule has 0 aliphatic carbocycles. The Kier molecular flexibility index (Phi) is 4.55. The number of anilines is 1. The molecule has 0 heterocycles. The molecule has 0 atom stereocenters. The van der Waals surface area contributed by atoms with E-state index in [0.717, 1.165) is 5.56 Å². The van der Waals surface area contributed by atoms with Crippen molar-refractivity contribution in [3.63, 3.8) is 0 Å².